The van der Waals surface area contributed by atoms with Crippen molar-refractivity contribution in [2.24, 2.45) is 0 Å². The van der Waals surface area contributed by atoms with E-state index in [0.717, 1.165) is 5.56 Å². The summed E-state index contributed by atoms with van der Waals surface area (Å²) in [5.74, 6) is -0.236. The largest absolute Gasteiger partial charge is 0.445 e. The van der Waals surface area contributed by atoms with E-state index in [4.69, 9.17) is 4.74 Å². The Bertz CT molecular complexity index is 882. The molecule has 1 aromatic carbocycles. The lowest BCUT2D eigenvalue weighted by Gasteiger charge is -2.33. The predicted octanol–water partition coefficient (Wildman–Crippen LogP) is -0.0469. The van der Waals surface area contributed by atoms with Gasteiger partial charge in [0.25, 0.3) is 0 Å². The van der Waals surface area contributed by atoms with Crippen LogP contribution in [0.4, 0.5) is 4.79 Å². The van der Waals surface area contributed by atoms with Gasteiger partial charge in [0.1, 0.15) is 6.61 Å². The second-order valence-electron chi connectivity index (χ2n) is 9.72. The molecule has 0 aliphatic carbocycles. The standard InChI is InChI=1S/C28H47N7O5/c1-4-29-25(36)20-32-12-14-33(21-26(37)30-5-2)16-18-35(28(39)40-23-24-10-8-7-9-11-24)19-17-34(15-13-32)22-27(38)31-6-3/h7-11H,4-6,12-23H2,1-3H3,(H,29,36)(H,30,37)(H,31,38). The molecule has 1 heterocycles. The molecule has 224 valence electrons. The second-order valence-corrected chi connectivity index (χ2v) is 9.72. The number of rotatable bonds is 11. The fraction of sp³-hybridized carbons (Fsp3) is 0.643. The molecule has 0 bridgehead atoms. The van der Waals surface area contributed by atoms with Crippen molar-refractivity contribution in [2.45, 2.75) is 27.4 Å². The average Bonchev–Trinajstić information content (AvgIpc) is 2.92. The number of nitrogens with one attached hydrogen (secondary N) is 3. The smallest absolute Gasteiger partial charge is 0.410 e. The summed E-state index contributed by atoms with van der Waals surface area (Å²) in [6.45, 7) is 11.9. The molecule has 1 aromatic rings. The van der Waals surface area contributed by atoms with Crippen LogP contribution >= 0.6 is 0 Å². The van der Waals surface area contributed by atoms with Gasteiger partial charge < -0.3 is 25.6 Å². The molecule has 1 fully saturated rings. The van der Waals surface area contributed by atoms with Crippen LogP contribution < -0.4 is 16.0 Å². The third-order valence-corrected chi connectivity index (χ3v) is 6.52. The van der Waals surface area contributed by atoms with Gasteiger partial charge in [-0.15, -0.1) is 0 Å². The van der Waals surface area contributed by atoms with Gasteiger partial charge in [-0.1, -0.05) is 30.3 Å². The number of carbonyl (C=O) groups excluding carboxylic acids is 4. The second kappa shape index (κ2) is 19.0. The Kier molecular flexibility index (Phi) is 15.6. The molecule has 0 spiro atoms. The Morgan fingerprint density at radius 2 is 1.00 bits per heavy atom. The van der Waals surface area contributed by atoms with Crippen LogP contribution in [0.15, 0.2) is 30.3 Å². The molecule has 0 aromatic heterocycles. The Morgan fingerprint density at radius 1 is 0.625 bits per heavy atom. The topological polar surface area (TPSA) is 127 Å². The van der Waals surface area contributed by atoms with Crippen molar-refractivity contribution in [2.75, 3.05) is 91.6 Å². The number of ether oxygens (including phenoxy) is 1. The monoisotopic (exact) mass is 561 g/mol. The minimum absolute atomic E-state index is 0.0625. The molecule has 1 aliphatic heterocycles. The number of hydrogen-bond donors (Lipinski definition) is 3. The molecular weight excluding hydrogens is 514 g/mol. The summed E-state index contributed by atoms with van der Waals surface area (Å²) in [5.41, 5.74) is 0.896. The Balaban J connectivity index is 2.19. The van der Waals surface area contributed by atoms with Gasteiger partial charge >= 0.3 is 6.09 Å². The summed E-state index contributed by atoms with van der Waals surface area (Å²) < 4.78 is 5.62. The molecule has 4 amide bonds. The van der Waals surface area contributed by atoms with Crippen molar-refractivity contribution in [3.63, 3.8) is 0 Å². The Hall–Kier alpha value is -3.22. The molecule has 1 saturated heterocycles. The minimum atomic E-state index is -0.435. The maximum Gasteiger partial charge on any atom is 0.410 e. The van der Waals surface area contributed by atoms with Gasteiger partial charge in [0, 0.05) is 72.0 Å². The zero-order valence-corrected chi connectivity index (χ0v) is 24.3. The molecule has 0 radical (unpaired) electrons. The number of likely N-dealkylation sites (N-methyl/N-ethyl adjacent to an activating group) is 3. The van der Waals surface area contributed by atoms with Gasteiger partial charge in [-0.2, -0.15) is 0 Å². The van der Waals surface area contributed by atoms with Crippen LogP contribution in [0.3, 0.4) is 0 Å². The molecule has 0 atom stereocenters. The molecule has 1 aliphatic rings. The van der Waals surface area contributed by atoms with E-state index < -0.39 is 6.09 Å². The third kappa shape index (κ3) is 13.2. The molecule has 12 heteroatoms. The molecule has 0 unspecified atom stereocenters. The van der Waals surface area contributed by atoms with Crippen LogP contribution in [-0.2, 0) is 25.7 Å². The highest BCUT2D eigenvalue weighted by Crippen LogP contribution is 2.06. The number of benzene rings is 1. The first-order chi connectivity index (χ1) is 19.3. The van der Waals surface area contributed by atoms with Crippen LogP contribution in [0.1, 0.15) is 26.3 Å². The highest BCUT2D eigenvalue weighted by Gasteiger charge is 2.23. The van der Waals surface area contributed by atoms with Crippen LogP contribution in [0, 0.1) is 0 Å². The van der Waals surface area contributed by atoms with Crippen molar-refractivity contribution in [3.8, 4) is 0 Å². The quantitative estimate of drug-likeness (QED) is 0.344. The molecule has 12 nitrogen and oxygen atoms in total. The molecule has 40 heavy (non-hydrogen) atoms. The Labute approximate surface area is 238 Å². The van der Waals surface area contributed by atoms with Crippen LogP contribution in [0.2, 0.25) is 0 Å². The van der Waals surface area contributed by atoms with E-state index in [1.165, 1.54) is 0 Å². The van der Waals surface area contributed by atoms with Crippen LogP contribution in [0.25, 0.3) is 0 Å². The van der Waals surface area contributed by atoms with E-state index in [2.05, 4.69) is 16.0 Å². The molecule has 0 saturated carbocycles. The van der Waals surface area contributed by atoms with E-state index in [9.17, 15) is 19.2 Å². The van der Waals surface area contributed by atoms with Gasteiger partial charge in [0.2, 0.25) is 17.7 Å². The number of carbonyl (C=O) groups is 4. The number of hydrogen-bond acceptors (Lipinski definition) is 8. The average molecular weight is 562 g/mol. The van der Waals surface area contributed by atoms with Gasteiger partial charge in [0.05, 0.1) is 19.6 Å². The summed E-state index contributed by atoms with van der Waals surface area (Å²) in [4.78, 5) is 58.1. The lowest BCUT2D eigenvalue weighted by Crippen LogP contribution is -2.51. The van der Waals surface area contributed by atoms with E-state index in [0.29, 0.717) is 72.0 Å². The predicted molar refractivity (Wildman–Crippen MR) is 154 cm³/mol. The summed E-state index contributed by atoms with van der Waals surface area (Å²) in [5, 5.41) is 8.52. The van der Waals surface area contributed by atoms with Crippen molar-refractivity contribution in [3.05, 3.63) is 35.9 Å². The normalized spacial score (nSPS) is 16.3. The minimum Gasteiger partial charge on any atom is -0.445 e. The first kappa shape index (κ1) is 33.0. The van der Waals surface area contributed by atoms with Crippen molar-refractivity contribution < 1.29 is 23.9 Å². The van der Waals surface area contributed by atoms with Gasteiger partial charge in [-0.05, 0) is 26.3 Å². The zero-order chi connectivity index (χ0) is 29.2. The Morgan fingerprint density at radius 3 is 1.38 bits per heavy atom. The summed E-state index contributed by atoms with van der Waals surface area (Å²) in [6, 6.07) is 9.50. The van der Waals surface area contributed by atoms with Gasteiger partial charge in [0.15, 0.2) is 0 Å². The van der Waals surface area contributed by atoms with E-state index in [1.807, 2.05) is 65.8 Å². The zero-order valence-electron chi connectivity index (χ0n) is 24.3. The highest BCUT2D eigenvalue weighted by atomic mass is 16.6. The molecule has 2 rings (SSSR count). The first-order valence-corrected chi connectivity index (χ1v) is 14.3. The van der Waals surface area contributed by atoms with Gasteiger partial charge in [-0.3, -0.25) is 29.1 Å². The lowest BCUT2D eigenvalue weighted by molar-refractivity contribution is -0.124. The van der Waals surface area contributed by atoms with Crippen molar-refractivity contribution >= 4 is 23.8 Å². The summed E-state index contributed by atoms with van der Waals surface area (Å²) in [7, 11) is 0. The SMILES string of the molecule is CCNC(=O)CN1CCN(CC(=O)NCC)CCN(C(=O)OCc2ccccc2)CCN(CC(=O)NCC)CC1. The van der Waals surface area contributed by atoms with Crippen molar-refractivity contribution in [1.82, 2.24) is 35.6 Å². The van der Waals surface area contributed by atoms with E-state index in [-0.39, 0.29) is 44.0 Å². The number of amides is 4. The molecular formula is C28H47N7O5. The summed E-state index contributed by atoms with van der Waals surface area (Å²) in [6.07, 6.45) is -0.435. The fourth-order valence-corrected chi connectivity index (χ4v) is 4.37. The first-order valence-electron chi connectivity index (χ1n) is 14.3. The maximum atomic E-state index is 13.1. The van der Waals surface area contributed by atoms with E-state index in [1.54, 1.807) is 4.90 Å². The highest BCUT2D eigenvalue weighted by molar-refractivity contribution is 5.78. The van der Waals surface area contributed by atoms with Crippen LogP contribution in [-0.4, -0.2) is 135 Å². The maximum absolute atomic E-state index is 13.1. The summed E-state index contributed by atoms with van der Waals surface area (Å²) >= 11 is 0. The third-order valence-electron chi connectivity index (χ3n) is 6.52. The van der Waals surface area contributed by atoms with Gasteiger partial charge in [-0.25, -0.2) is 4.79 Å². The molecule has 3 N–H and O–H groups in total. The lowest BCUT2D eigenvalue weighted by atomic mass is 10.2. The van der Waals surface area contributed by atoms with E-state index >= 15 is 0 Å². The van der Waals surface area contributed by atoms with Crippen LogP contribution in [0.5, 0.6) is 0 Å². The number of nitrogens with zero attached hydrogens (tertiary/aromatic N) is 4. The fourth-order valence-electron chi connectivity index (χ4n) is 4.37. The van der Waals surface area contributed by atoms with Crippen molar-refractivity contribution in [1.29, 1.82) is 0 Å².